The monoisotopic (exact) mass is 459 g/mol. The molecule has 0 saturated carbocycles. The van der Waals surface area contributed by atoms with Crippen LogP contribution in [-0.2, 0) is 14.6 Å². The lowest BCUT2D eigenvalue weighted by Gasteiger charge is -2.36. The number of piperazine rings is 1. The van der Waals surface area contributed by atoms with Crippen molar-refractivity contribution in [2.45, 2.75) is 36.2 Å². The molecule has 0 unspecified atom stereocenters. The summed E-state index contributed by atoms with van der Waals surface area (Å²) in [6.07, 6.45) is 1.05. The topological polar surface area (TPSA) is 82.7 Å². The normalized spacial score (nSPS) is 15.2. The minimum Gasteiger partial charge on any atom is -0.444 e. The average Bonchev–Trinajstić information content (AvgIpc) is 3.16. The van der Waals surface area contributed by atoms with Gasteiger partial charge in [0.15, 0.2) is 0 Å². The zero-order chi connectivity index (χ0) is 23.1. The van der Waals surface area contributed by atoms with Gasteiger partial charge in [-0.25, -0.2) is 17.6 Å². The van der Waals surface area contributed by atoms with E-state index in [1.807, 2.05) is 31.7 Å². The van der Waals surface area contributed by atoms with E-state index in [4.69, 9.17) is 4.74 Å². The second-order valence-corrected chi connectivity index (χ2v) is 10.7. The highest BCUT2D eigenvalue weighted by atomic mass is 32.2. The molecule has 9 heteroatoms. The number of aromatic nitrogens is 1. The van der Waals surface area contributed by atoms with Crippen LogP contribution in [0.4, 0.5) is 14.9 Å². The first kappa shape index (κ1) is 22.1. The average molecular weight is 460 g/mol. The molecule has 0 aliphatic carbocycles. The van der Waals surface area contributed by atoms with Crippen LogP contribution < -0.4 is 4.90 Å². The fourth-order valence-electron chi connectivity index (χ4n) is 3.74. The van der Waals surface area contributed by atoms with Crippen molar-refractivity contribution < 1.29 is 22.3 Å². The van der Waals surface area contributed by atoms with Crippen LogP contribution >= 0.6 is 0 Å². The summed E-state index contributed by atoms with van der Waals surface area (Å²) < 4.78 is 45.7. The minimum absolute atomic E-state index is 0.0406. The molecule has 1 aromatic heterocycles. The van der Waals surface area contributed by atoms with E-state index in [1.165, 1.54) is 30.5 Å². The Morgan fingerprint density at radius 1 is 1.06 bits per heavy atom. The van der Waals surface area contributed by atoms with Gasteiger partial charge in [-0.05, 0) is 57.2 Å². The van der Waals surface area contributed by atoms with Crippen LogP contribution in [0.3, 0.4) is 0 Å². The molecule has 1 N–H and O–H groups in total. The number of anilines is 1. The van der Waals surface area contributed by atoms with E-state index in [9.17, 15) is 17.6 Å². The lowest BCUT2D eigenvalue weighted by molar-refractivity contribution is 0.0240. The third kappa shape index (κ3) is 4.43. The van der Waals surface area contributed by atoms with Crippen molar-refractivity contribution in [3.63, 3.8) is 0 Å². The molecule has 32 heavy (non-hydrogen) atoms. The molecule has 4 rings (SSSR count). The van der Waals surface area contributed by atoms with Gasteiger partial charge >= 0.3 is 6.09 Å². The van der Waals surface area contributed by atoms with Gasteiger partial charge in [0.05, 0.1) is 9.79 Å². The van der Waals surface area contributed by atoms with Gasteiger partial charge in [0.25, 0.3) is 0 Å². The summed E-state index contributed by atoms with van der Waals surface area (Å²) in [5.74, 6) is -0.495. The third-order valence-corrected chi connectivity index (χ3v) is 7.11. The van der Waals surface area contributed by atoms with E-state index in [0.29, 0.717) is 37.1 Å². The van der Waals surface area contributed by atoms with E-state index >= 15 is 0 Å². The number of benzene rings is 2. The number of aromatic amines is 1. The number of H-pyrrole nitrogens is 1. The minimum atomic E-state index is -3.85. The van der Waals surface area contributed by atoms with Gasteiger partial charge in [-0.3, -0.25) is 0 Å². The van der Waals surface area contributed by atoms with Crippen LogP contribution in [-0.4, -0.2) is 56.2 Å². The lowest BCUT2D eigenvalue weighted by Crippen LogP contribution is -2.50. The maximum absolute atomic E-state index is 13.7. The number of fused-ring (bicyclic) bond motifs is 1. The van der Waals surface area contributed by atoms with Crippen molar-refractivity contribution in [1.29, 1.82) is 0 Å². The van der Waals surface area contributed by atoms with Gasteiger partial charge in [0.2, 0.25) is 9.84 Å². The van der Waals surface area contributed by atoms with Crippen LogP contribution in [0.25, 0.3) is 10.9 Å². The number of carbonyl (C=O) groups is 1. The number of nitrogens with one attached hydrogen (secondary N) is 1. The van der Waals surface area contributed by atoms with E-state index in [2.05, 4.69) is 4.98 Å². The predicted octanol–water partition coefficient (Wildman–Crippen LogP) is 4.20. The number of nitrogens with zero attached hydrogens (tertiary/aromatic N) is 2. The Balaban J connectivity index is 1.54. The van der Waals surface area contributed by atoms with Gasteiger partial charge < -0.3 is 19.5 Å². The first-order valence-corrected chi connectivity index (χ1v) is 11.9. The Hall–Kier alpha value is -3.07. The smallest absolute Gasteiger partial charge is 0.410 e. The molecule has 0 atom stereocenters. The Kier molecular flexibility index (Phi) is 5.62. The quantitative estimate of drug-likeness (QED) is 0.635. The number of hydrogen-bond acceptors (Lipinski definition) is 5. The van der Waals surface area contributed by atoms with Crippen LogP contribution in [0.1, 0.15) is 20.8 Å². The number of hydrogen-bond donors (Lipinski definition) is 1. The van der Waals surface area contributed by atoms with Crippen LogP contribution in [0.5, 0.6) is 0 Å². The van der Waals surface area contributed by atoms with Gasteiger partial charge in [-0.15, -0.1) is 0 Å². The van der Waals surface area contributed by atoms with E-state index in [-0.39, 0.29) is 15.9 Å². The Morgan fingerprint density at radius 3 is 2.47 bits per heavy atom. The van der Waals surface area contributed by atoms with E-state index in [0.717, 1.165) is 5.69 Å². The third-order valence-electron chi connectivity index (χ3n) is 5.32. The van der Waals surface area contributed by atoms with Gasteiger partial charge in [0, 0.05) is 49.0 Å². The van der Waals surface area contributed by atoms with Crippen molar-refractivity contribution in [2.75, 3.05) is 31.1 Å². The number of sulfone groups is 1. The summed E-state index contributed by atoms with van der Waals surface area (Å²) in [6.45, 7) is 7.56. The standard InChI is InChI=1S/C23H26FN3O4S/c1-23(2,3)31-22(28)27-11-9-26(10-12-27)17-5-4-6-18(14-17)32(29,30)21-15-25-20-8-7-16(24)13-19(20)21/h4-8,13-15,25H,9-12H2,1-3H3. The summed E-state index contributed by atoms with van der Waals surface area (Å²) in [7, 11) is -3.85. The van der Waals surface area contributed by atoms with Gasteiger partial charge in [0.1, 0.15) is 11.4 Å². The van der Waals surface area contributed by atoms with Crippen LogP contribution in [0, 0.1) is 5.82 Å². The molecule has 3 aromatic rings. The Morgan fingerprint density at radius 2 is 1.78 bits per heavy atom. The second-order valence-electron chi connectivity index (χ2n) is 8.80. The van der Waals surface area contributed by atoms with Crippen molar-refractivity contribution in [3.05, 3.63) is 54.5 Å². The Bertz CT molecular complexity index is 1260. The molecule has 2 heterocycles. The van der Waals surface area contributed by atoms with Gasteiger partial charge in [-0.1, -0.05) is 6.07 Å². The number of halogens is 1. The van der Waals surface area contributed by atoms with Crippen LogP contribution in [0.15, 0.2) is 58.5 Å². The molecule has 1 aliphatic heterocycles. The highest BCUT2D eigenvalue weighted by Crippen LogP contribution is 2.31. The molecule has 1 aliphatic rings. The number of rotatable bonds is 3. The van der Waals surface area contributed by atoms with Crippen molar-refractivity contribution >= 4 is 32.5 Å². The zero-order valence-electron chi connectivity index (χ0n) is 18.3. The molecule has 1 saturated heterocycles. The first-order valence-electron chi connectivity index (χ1n) is 10.4. The summed E-state index contributed by atoms with van der Waals surface area (Å²) in [6, 6.07) is 10.7. The highest BCUT2D eigenvalue weighted by Gasteiger charge is 2.27. The zero-order valence-corrected chi connectivity index (χ0v) is 19.1. The molecular formula is C23H26FN3O4S. The SMILES string of the molecule is CC(C)(C)OC(=O)N1CCN(c2cccc(S(=O)(=O)c3c[nH]c4ccc(F)cc34)c2)CC1. The number of carbonyl (C=O) groups excluding carboxylic acids is 1. The maximum atomic E-state index is 13.7. The van der Waals surface area contributed by atoms with Crippen molar-refractivity contribution in [3.8, 4) is 0 Å². The second kappa shape index (κ2) is 8.12. The molecule has 2 aromatic carbocycles. The largest absolute Gasteiger partial charge is 0.444 e. The summed E-state index contributed by atoms with van der Waals surface area (Å²) in [4.78, 5) is 19.0. The molecule has 1 fully saturated rings. The summed E-state index contributed by atoms with van der Waals surface area (Å²) >= 11 is 0. The fourth-order valence-corrected chi connectivity index (χ4v) is 5.20. The Labute approximate surface area is 186 Å². The highest BCUT2D eigenvalue weighted by molar-refractivity contribution is 7.91. The molecule has 0 spiro atoms. The van der Waals surface area contributed by atoms with Crippen molar-refractivity contribution in [2.24, 2.45) is 0 Å². The van der Waals surface area contributed by atoms with E-state index < -0.39 is 21.3 Å². The number of ether oxygens (including phenoxy) is 1. The summed E-state index contributed by atoms with van der Waals surface area (Å²) in [5.41, 5.74) is 0.753. The number of amides is 1. The fraction of sp³-hybridized carbons (Fsp3) is 0.348. The molecule has 0 bridgehead atoms. The maximum Gasteiger partial charge on any atom is 0.410 e. The lowest BCUT2D eigenvalue weighted by atomic mass is 10.2. The first-order chi connectivity index (χ1) is 15.0. The van der Waals surface area contributed by atoms with E-state index in [1.54, 1.807) is 17.0 Å². The van der Waals surface area contributed by atoms with Gasteiger partial charge in [-0.2, -0.15) is 0 Å². The van der Waals surface area contributed by atoms with Crippen LogP contribution in [0.2, 0.25) is 0 Å². The molecule has 1 amide bonds. The predicted molar refractivity (Wildman–Crippen MR) is 120 cm³/mol. The molecule has 7 nitrogen and oxygen atoms in total. The summed E-state index contributed by atoms with van der Waals surface area (Å²) in [5, 5.41) is 0.321. The molecular weight excluding hydrogens is 433 g/mol. The van der Waals surface area contributed by atoms with Crippen molar-refractivity contribution in [1.82, 2.24) is 9.88 Å². The molecule has 0 radical (unpaired) electrons. The molecule has 170 valence electrons.